The number of carbonyl (C=O) groups excluding carboxylic acids is 1. The van der Waals surface area contributed by atoms with Gasteiger partial charge in [-0.3, -0.25) is 0 Å². The van der Waals surface area contributed by atoms with Gasteiger partial charge in [-0.1, -0.05) is 13.0 Å². The molecule has 0 saturated heterocycles. The summed E-state index contributed by atoms with van der Waals surface area (Å²) in [4.78, 5) is 24.9. The maximum atomic E-state index is 15.2. The lowest BCUT2D eigenvalue weighted by Gasteiger charge is -2.22. The van der Waals surface area contributed by atoms with E-state index < -0.39 is 23.6 Å². The molecule has 1 atom stereocenters. The van der Waals surface area contributed by atoms with Crippen molar-refractivity contribution in [3.8, 4) is 28.8 Å². The summed E-state index contributed by atoms with van der Waals surface area (Å²) < 4.78 is 33.8. The van der Waals surface area contributed by atoms with Crippen LogP contribution < -0.4 is 14.4 Å². The van der Waals surface area contributed by atoms with E-state index in [2.05, 4.69) is 11.6 Å². The molecule has 2 aromatic heterocycles. The first kappa shape index (κ1) is 31.3. The molecule has 2 heterocycles. The Morgan fingerprint density at radius 2 is 1.98 bits per heavy atom. The Morgan fingerprint density at radius 1 is 1.23 bits per heavy atom. The Kier molecular flexibility index (Phi) is 9.21. The highest BCUT2D eigenvalue weighted by Crippen LogP contribution is 2.41. The van der Waals surface area contributed by atoms with Crippen molar-refractivity contribution in [1.29, 1.82) is 5.26 Å². The molecule has 0 aliphatic rings. The Bertz CT molecular complexity index is 1720. The predicted molar refractivity (Wildman–Crippen MR) is 163 cm³/mol. The molecule has 10 nitrogen and oxygen atoms in total. The van der Waals surface area contributed by atoms with Crippen LogP contribution in [-0.2, 0) is 4.74 Å². The first-order chi connectivity index (χ1) is 20.4. The third-order valence-corrected chi connectivity index (χ3v) is 6.56. The van der Waals surface area contributed by atoms with Gasteiger partial charge in [0.2, 0.25) is 0 Å². The third kappa shape index (κ3) is 6.70. The second-order valence-corrected chi connectivity index (χ2v) is 11.1. The van der Waals surface area contributed by atoms with Crippen molar-refractivity contribution in [2.45, 2.75) is 52.7 Å². The number of anilines is 1. The van der Waals surface area contributed by atoms with Crippen LogP contribution in [0.25, 0.3) is 33.2 Å². The standard InChI is InChI=1S/C32H36FN5O5/c1-8-13-37(7)24-17-21(33)16-23-27-28(20-10-11-25(42-18-22(39)9-2)26(15-20)41-14-12-34)35-19(3)36-30(27)38(29(23)24)31(40)43-32(4,5)6/h8,10-11,15-17,22,39H,1,9,13-14,18H2,2-7H3. The fraction of sp³-hybridized carbons (Fsp3) is 0.375. The van der Waals surface area contributed by atoms with Crippen LogP contribution in [0, 0.1) is 24.1 Å². The van der Waals surface area contributed by atoms with Crippen LogP contribution in [0.1, 0.15) is 39.9 Å². The monoisotopic (exact) mass is 589 g/mol. The number of benzene rings is 2. The number of halogens is 1. The van der Waals surface area contributed by atoms with E-state index in [1.54, 1.807) is 63.9 Å². The molecule has 4 rings (SSSR count). The average molecular weight is 590 g/mol. The molecule has 11 heteroatoms. The zero-order chi connectivity index (χ0) is 31.5. The summed E-state index contributed by atoms with van der Waals surface area (Å²) in [7, 11) is 1.78. The minimum absolute atomic E-state index is 0.0409. The number of carbonyl (C=O) groups is 1. The van der Waals surface area contributed by atoms with Gasteiger partial charge < -0.3 is 24.2 Å². The summed E-state index contributed by atoms with van der Waals surface area (Å²) in [6.45, 7) is 12.8. The summed E-state index contributed by atoms with van der Waals surface area (Å²) in [5, 5.41) is 20.0. The molecule has 0 aliphatic heterocycles. The highest BCUT2D eigenvalue weighted by atomic mass is 19.1. The SMILES string of the molecule is C=CCN(C)c1cc(F)cc2c3c(-c4ccc(OCC(O)CC)c(OCC#N)c4)nc(C)nc3n(C(=O)OC(C)(C)C)c12. The van der Waals surface area contributed by atoms with Crippen molar-refractivity contribution < 1.29 is 28.5 Å². The van der Waals surface area contributed by atoms with Crippen LogP contribution in [0.2, 0.25) is 0 Å². The Labute approximate surface area is 249 Å². The lowest BCUT2D eigenvalue weighted by Crippen LogP contribution is -2.28. The Hall–Kier alpha value is -4.69. The molecule has 0 amide bonds. The van der Waals surface area contributed by atoms with E-state index in [1.807, 2.05) is 13.0 Å². The zero-order valence-corrected chi connectivity index (χ0v) is 25.3. The van der Waals surface area contributed by atoms with E-state index in [0.29, 0.717) is 57.8 Å². The first-order valence-electron chi connectivity index (χ1n) is 13.9. The average Bonchev–Trinajstić information content (AvgIpc) is 3.26. The molecule has 0 saturated carbocycles. The number of aliphatic hydroxyl groups is 1. The molecular weight excluding hydrogens is 553 g/mol. The van der Waals surface area contributed by atoms with Crippen molar-refractivity contribution in [2.24, 2.45) is 0 Å². The topological polar surface area (TPSA) is 123 Å². The summed E-state index contributed by atoms with van der Waals surface area (Å²) in [6, 6.07) is 9.72. The van der Waals surface area contributed by atoms with Gasteiger partial charge >= 0.3 is 6.09 Å². The maximum Gasteiger partial charge on any atom is 0.420 e. The third-order valence-electron chi connectivity index (χ3n) is 6.56. The second kappa shape index (κ2) is 12.7. The van der Waals surface area contributed by atoms with Gasteiger partial charge in [-0.25, -0.2) is 23.7 Å². The molecule has 4 aromatic rings. The fourth-order valence-electron chi connectivity index (χ4n) is 4.66. The van der Waals surface area contributed by atoms with Gasteiger partial charge in [0, 0.05) is 24.5 Å². The van der Waals surface area contributed by atoms with Gasteiger partial charge in [0.05, 0.1) is 28.4 Å². The number of fused-ring (bicyclic) bond motifs is 3. The molecule has 1 N–H and O–H groups in total. The van der Waals surface area contributed by atoms with E-state index in [9.17, 15) is 9.90 Å². The van der Waals surface area contributed by atoms with Crippen LogP contribution >= 0.6 is 0 Å². The molecule has 0 bridgehead atoms. The first-order valence-corrected chi connectivity index (χ1v) is 13.9. The molecule has 0 spiro atoms. The molecule has 0 fully saturated rings. The van der Waals surface area contributed by atoms with Crippen LogP contribution in [0.5, 0.6) is 11.5 Å². The largest absolute Gasteiger partial charge is 0.487 e. The molecular formula is C32H36FN5O5. The lowest BCUT2D eigenvalue weighted by atomic mass is 10.0. The molecule has 1 unspecified atom stereocenters. The zero-order valence-electron chi connectivity index (χ0n) is 25.3. The van der Waals surface area contributed by atoms with Crippen LogP contribution in [-0.4, -0.2) is 64.2 Å². The van der Waals surface area contributed by atoms with E-state index in [-0.39, 0.29) is 24.6 Å². The predicted octanol–water partition coefficient (Wildman–Crippen LogP) is 6.16. The van der Waals surface area contributed by atoms with Gasteiger partial charge in [-0.2, -0.15) is 5.26 Å². The molecule has 0 radical (unpaired) electrons. The highest BCUT2D eigenvalue weighted by molar-refractivity contribution is 6.19. The summed E-state index contributed by atoms with van der Waals surface area (Å²) in [5.41, 5.74) is 1.26. The number of aryl methyl sites for hydroxylation is 1. The quantitative estimate of drug-likeness (QED) is 0.217. The second-order valence-electron chi connectivity index (χ2n) is 11.1. The van der Waals surface area contributed by atoms with Crippen LogP contribution in [0.4, 0.5) is 14.9 Å². The number of likely N-dealkylation sites (N-methyl/N-ethyl adjacent to an activating group) is 1. The van der Waals surface area contributed by atoms with E-state index in [4.69, 9.17) is 24.5 Å². The number of aromatic nitrogens is 3. The van der Waals surface area contributed by atoms with Crippen molar-refractivity contribution in [1.82, 2.24) is 14.5 Å². The van der Waals surface area contributed by atoms with Gasteiger partial charge in [0.1, 0.15) is 29.9 Å². The number of rotatable bonds is 10. The van der Waals surface area contributed by atoms with Crippen molar-refractivity contribution in [2.75, 3.05) is 31.7 Å². The minimum Gasteiger partial charge on any atom is -0.487 e. The summed E-state index contributed by atoms with van der Waals surface area (Å²) in [6.07, 6.45) is 0.841. The number of nitrogens with zero attached hydrogens (tertiary/aromatic N) is 5. The lowest BCUT2D eigenvalue weighted by molar-refractivity contribution is 0.0550. The smallest absolute Gasteiger partial charge is 0.420 e. The molecule has 2 aromatic carbocycles. The highest BCUT2D eigenvalue weighted by Gasteiger charge is 2.29. The molecule has 43 heavy (non-hydrogen) atoms. The van der Waals surface area contributed by atoms with E-state index >= 15 is 4.39 Å². The van der Waals surface area contributed by atoms with Crippen molar-refractivity contribution >= 4 is 33.7 Å². The van der Waals surface area contributed by atoms with Gasteiger partial charge in [0.15, 0.2) is 23.8 Å². The van der Waals surface area contributed by atoms with Gasteiger partial charge in [0.25, 0.3) is 0 Å². The summed E-state index contributed by atoms with van der Waals surface area (Å²) >= 11 is 0. The van der Waals surface area contributed by atoms with Gasteiger partial charge in [-0.15, -0.1) is 6.58 Å². The molecule has 0 aliphatic carbocycles. The van der Waals surface area contributed by atoms with E-state index in [1.165, 1.54) is 16.7 Å². The Balaban J connectivity index is 2.06. The summed E-state index contributed by atoms with van der Waals surface area (Å²) in [5.74, 6) is 0.455. The molecule has 226 valence electrons. The number of aliphatic hydroxyl groups excluding tert-OH is 1. The normalized spacial score (nSPS) is 12.2. The van der Waals surface area contributed by atoms with Gasteiger partial charge in [-0.05, 0) is 64.4 Å². The fourth-order valence-corrected chi connectivity index (χ4v) is 4.66. The van der Waals surface area contributed by atoms with Crippen LogP contribution in [0.3, 0.4) is 0 Å². The van der Waals surface area contributed by atoms with E-state index in [0.717, 1.165) is 0 Å². The maximum absolute atomic E-state index is 15.2. The number of hydrogen-bond acceptors (Lipinski definition) is 9. The van der Waals surface area contributed by atoms with Crippen molar-refractivity contribution in [3.05, 3.63) is 54.6 Å². The van der Waals surface area contributed by atoms with Crippen LogP contribution in [0.15, 0.2) is 43.0 Å². The Morgan fingerprint density at radius 3 is 2.63 bits per heavy atom. The number of nitriles is 1. The number of ether oxygens (including phenoxy) is 3. The van der Waals surface area contributed by atoms with Crippen molar-refractivity contribution in [3.63, 3.8) is 0 Å². The number of hydrogen-bond donors (Lipinski definition) is 1. The minimum atomic E-state index is -0.813.